The van der Waals surface area contributed by atoms with Crippen LogP contribution in [0.1, 0.15) is 24.0 Å². The largest absolute Gasteiger partial charge is 0.488 e. The van der Waals surface area contributed by atoms with Crippen molar-refractivity contribution in [3.05, 3.63) is 68.7 Å². The third-order valence-corrected chi connectivity index (χ3v) is 5.33. The van der Waals surface area contributed by atoms with Crippen molar-refractivity contribution in [2.75, 3.05) is 13.2 Å². The Balaban J connectivity index is 1.61. The Morgan fingerprint density at radius 1 is 1.34 bits per heavy atom. The summed E-state index contributed by atoms with van der Waals surface area (Å²) in [7, 11) is 0. The summed E-state index contributed by atoms with van der Waals surface area (Å²) in [6.45, 7) is 1.54. The molecule has 1 fully saturated rings. The average molecular weight is 476 g/mol. The highest BCUT2D eigenvalue weighted by Crippen LogP contribution is 2.28. The van der Waals surface area contributed by atoms with E-state index in [2.05, 4.69) is 21.2 Å². The Morgan fingerprint density at radius 3 is 2.79 bits per heavy atom. The van der Waals surface area contributed by atoms with Gasteiger partial charge in [-0.3, -0.25) is 4.79 Å². The second-order valence-corrected chi connectivity index (χ2v) is 7.91. The third kappa shape index (κ3) is 6.33. The van der Waals surface area contributed by atoms with Gasteiger partial charge in [-0.15, -0.1) is 0 Å². The van der Waals surface area contributed by atoms with Crippen LogP contribution in [0.15, 0.2) is 52.5 Å². The molecule has 1 aliphatic heterocycles. The third-order valence-electron chi connectivity index (χ3n) is 4.45. The number of nitriles is 1. The zero-order chi connectivity index (χ0) is 20.6. The van der Waals surface area contributed by atoms with E-state index in [4.69, 9.17) is 21.1 Å². The molecular weight excluding hydrogens is 456 g/mol. The number of carbonyl (C=O) groups is 1. The Labute approximate surface area is 183 Å². The quantitative estimate of drug-likeness (QED) is 0.457. The number of nitrogens with one attached hydrogen (secondary N) is 1. The summed E-state index contributed by atoms with van der Waals surface area (Å²) >= 11 is 9.37. The zero-order valence-corrected chi connectivity index (χ0v) is 18.0. The molecule has 3 rings (SSSR count). The SMILES string of the molecule is N#C/C(=C\c1ccc(OCc2ccc(Cl)cc2)c(Br)c1)C(=O)NC[C@H]1CCCO1. The fraction of sp³-hybridized carbons (Fsp3) is 0.273. The van der Waals surface area contributed by atoms with E-state index >= 15 is 0 Å². The monoisotopic (exact) mass is 474 g/mol. The number of amides is 1. The molecule has 1 amide bonds. The Kier molecular flexibility index (Phi) is 7.70. The van der Waals surface area contributed by atoms with E-state index in [0.29, 0.717) is 23.9 Å². The van der Waals surface area contributed by atoms with Gasteiger partial charge in [0.1, 0.15) is 24.0 Å². The molecule has 0 radical (unpaired) electrons. The van der Waals surface area contributed by atoms with Gasteiger partial charge >= 0.3 is 0 Å². The van der Waals surface area contributed by atoms with Crippen LogP contribution >= 0.6 is 27.5 Å². The molecule has 2 aromatic rings. The van der Waals surface area contributed by atoms with Crippen LogP contribution in [-0.2, 0) is 16.1 Å². The fourth-order valence-corrected chi connectivity index (χ4v) is 3.52. The van der Waals surface area contributed by atoms with E-state index in [1.165, 1.54) is 0 Å². The predicted octanol–water partition coefficient (Wildman–Crippen LogP) is 4.88. The number of hydrogen-bond acceptors (Lipinski definition) is 4. The highest BCUT2D eigenvalue weighted by Gasteiger charge is 2.17. The first-order valence-corrected chi connectivity index (χ1v) is 10.4. The zero-order valence-electron chi connectivity index (χ0n) is 15.7. The fourth-order valence-electron chi connectivity index (χ4n) is 2.89. The van der Waals surface area contributed by atoms with Crippen molar-refractivity contribution < 1.29 is 14.3 Å². The number of carbonyl (C=O) groups excluding carboxylic acids is 1. The second-order valence-electron chi connectivity index (χ2n) is 6.62. The molecule has 0 saturated carbocycles. The maximum atomic E-state index is 12.3. The molecule has 1 N–H and O–H groups in total. The molecule has 0 aliphatic carbocycles. The standard InChI is InChI=1S/C22H20BrClN2O3/c23-20-11-16(5-8-21(20)29-14-15-3-6-18(24)7-4-15)10-17(12-25)22(27)26-13-19-2-1-9-28-19/h3-8,10-11,19H,1-2,9,13-14H2,(H,26,27)/b17-10+/t19-/m1/s1. The van der Waals surface area contributed by atoms with E-state index in [1.54, 1.807) is 18.2 Å². The van der Waals surface area contributed by atoms with Gasteiger partial charge in [0.25, 0.3) is 5.91 Å². The van der Waals surface area contributed by atoms with Crippen molar-refractivity contribution in [3.63, 3.8) is 0 Å². The van der Waals surface area contributed by atoms with Crippen LogP contribution < -0.4 is 10.1 Å². The first-order chi connectivity index (χ1) is 14.0. The molecule has 1 aliphatic rings. The lowest BCUT2D eigenvalue weighted by atomic mass is 10.1. The predicted molar refractivity (Wildman–Crippen MR) is 115 cm³/mol. The minimum Gasteiger partial charge on any atom is -0.488 e. The Morgan fingerprint density at radius 2 is 2.14 bits per heavy atom. The molecule has 0 spiro atoms. The summed E-state index contributed by atoms with van der Waals surface area (Å²) < 4.78 is 12.0. The first-order valence-electron chi connectivity index (χ1n) is 9.23. The molecule has 5 nitrogen and oxygen atoms in total. The maximum Gasteiger partial charge on any atom is 0.262 e. The van der Waals surface area contributed by atoms with Gasteiger partial charge in [-0.2, -0.15) is 5.26 Å². The van der Waals surface area contributed by atoms with Gasteiger partial charge in [0.15, 0.2) is 0 Å². The smallest absolute Gasteiger partial charge is 0.262 e. The van der Waals surface area contributed by atoms with Crippen LogP contribution in [0.2, 0.25) is 5.02 Å². The van der Waals surface area contributed by atoms with Crippen LogP contribution in [0.25, 0.3) is 6.08 Å². The van der Waals surface area contributed by atoms with Crippen molar-refractivity contribution >= 4 is 39.5 Å². The molecule has 0 aromatic heterocycles. The number of rotatable bonds is 7. The van der Waals surface area contributed by atoms with Gasteiger partial charge in [0.2, 0.25) is 0 Å². The number of benzene rings is 2. The van der Waals surface area contributed by atoms with Crippen LogP contribution in [-0.4, -0.2) is 25.2 Å². The topological polar surface area (TPSA) is 71.3 Å². The molecular formula is C22H20BrClN2O3. The van der Waals surface area contributed by atoms with E-state index in [0.717, 1.165) is 35.0 Å². The molecule has 0 bridgehead atoms. The number of hydrogen-bond donors (Lipinski definition) is 1. The van der Waals surface area contributed by atoms with E-state index in [9.17, 15) is 10.1 Å². The summed E-state index contributed by atoms with van der Waals surface area (Å²) in [5, 5.41) is 12.8. The van der Waals surface area contributed by atoms with Gasteiger partial charge in [0, 0.05) is 18.2 Å². The second kappa shape index (κ2) is 10.4. The lowest BCUT2D eigenvalue weighted by Crippen LogP contribution is -2.32. The van der Waals surface area contributed by atoms with Crippen molar-refractivity contribution in [2.45, 2.75) is 25.6 Å². The lowest BCUT2D eigenvalue weighted by molar-refractivity contribution is -0.117. The van der Waals surface area contributed by atoms with E-state index in [-0.39, 0.29) is 11.7 Å². The lowest BCUT2D eigenvalue weighted by Gasteiger charge is -2.11. The number of ether oxygens (including phenoxy) is 2. The molecule has 1 saturated heterocycles. The summed E-state index contributed by atoms with van der Waals surface area (Å²) in [5.74, 6) is 0.264. The van der Waals surface area contributed by atoms with Gasteiger partial charge in [-0.25, -0.2) is 0 Å². The van der Waals surface area contributed by atoms with Gasteiger partial charge in [-0.1, -0.05) is 29.8 Å². The highest BCUT2D eigenvalue weighted by atomic mass is 79.9. The average Bonchev–Trinajstić information content (AvgIpc) is 3.24. The minimum atomic E-state index is -0.401. The number of halogens is 2. The van der Waals surface area contributed by atoms with Crippen LogP contribution in [0, 0.1) is 11.3 Å². The van der Waals surface area contributed by atoms with E-state index < -0.39 is 5.91 Å². The van der Waals surface area contributed by atoms with Gasteiger partial charge < -0.3 is 14.8 Å². The molecule has 7 heteroatoms. The van der Waals surface area contributed by atoms with Crippen molar-refractivity contribution in [2.24, 2.45) is 0 Å². The summed E-state index contributed by atoms with van der Waals surface area (Å²) in [4.78, 5) is 12.3. The Hall–Kier alpha value is -2.33. The molecule has 150 valence electrons. The minimum absolute atomic E-state index is 0.0325. The number of nitrogens with zero attached hydrogens (tertiary/aromatic N) is 1. The van der Waals surface area contributed by atoms with Crippen LogP contribution in [0.3, 0.4) is 0 Å². The van der Waals surface area contributed by atoms with Crippen molar-refractivity contribution in [3.8, 4) is 11.8 Å². The van der Waals surface area contributed by atoms with Crippen molar-refractivity contribution in [1.82, 2.24) is 5.32 Å². The Bertz CT molecular complexity index is 932. The summed E-state index contributed by atoms with van der Waals surface area (Å²) in [5.41, 5.74) is 1.77. The summed E-state index contributed by atoms with van der Waals surface area (Å²) in [6, 6.07) is 14.8. The maximum absolute atomic E-state index is 12.3. The van der Waals surface area contributed by atoms with E-state index in [1.807, 2.05) is 36.4 Å². The van der Waals surface area contributed by atoms with Crippen molar-refractivity contribution in [1.29, 1.82) is 5.26 Å². The van der Waals surface area contributed by atoms with Crippen LogP contribution in [0.4, 0.5) is 0 Å². The molecule has 1 heterocycles. The summed E-state index contributed by atoms with van der Waals surface area (Å²) in [6.07, 6.45) is 3.52. The van der Waals surface area contributed by atoms with Gasteiger partial charge in [0.05, 0.1) is 10.6 Å². The molecule has 29 heavy (non-hydrogen) atoms. The molecule has 2 aromatic carbocycles. The molecule has 0 unspecified atom stereocenters. The van der Waals surface area contributed by atoms with Crippen LogP contribution in [0.5, 0.6) is 5.75 Å². The highest BCUT2D eigenvalue weighted by molar-refractivity contribution is 9.10. The van der Waals surface area contributed by atoms with Gasteiger partial charge in [-0.05, 0) is 70.2 Å². The molecule has 1 atom stereocenters. The normalized spacial score (nSPS) is 16.3. The first kappa shape index (κ1) is 21.4.